The second-order valence-electron chi connectivity index (χ2n) is 17.6. The van der Waals surface area contributed by atoms with E-state index >= 15 is 0 Å². The van der Waals surface area contributed by atoms with E-state index in [2.05, 4.69) is 32.7 Å². The molecule has 0 saturated carbocycles. The number of amides is 10. The molecule has 0 unspecified atom stereocenters. The number of piperidine rings is 2. The van der Waals surface area contributed by atoms with E-state index in [4.69, 9.17) is 0 Å². The molecule has 3 heterocycles. The molecule has 3 aliphatic rings. The van der Waals surface area contributed by atoms with E-state index in [1.54, 1.807) is 13.8 Å². The first kappa shape index (κ1) is 59.2. The van der Waals surface area contributed by atoms with Gasteiger partial charge in [-0.15, -0.1) is 0 Å². The van der Waals surface area contributed by atoms with Gasteiger partial charge in [-0.05, 0) is 50.4 Å². The number of rotatable bonds is 4. The highest BCUT2D eigenvalue weighted by molar-refractivity contribution is 5.96. The van der Waals surface area contributed by atoms with Crippen molar-refractivity contribution in [3.05, 3.63) is 0 Å². The minimum absolute atomic E-state index is 0. The fourth-order valence-electron chi connectivity index (χ4n) is 8.26. The lowest BCUT2D eigenvalue weighted by Crippen LogP contribution is -3.00. The number of nitrogens with one attached hydrogen (secondary N) is 4. The molecular formula is C42H74Cl2N12O10. The molecule has 10 amide bonds. The smallest absolute Gasteiger partial charge is 0.283 e. The maximum atomic E-state index is 13.7. The second kappa shape index (κ2) is 27.7. The summed E-state index contributed by atoms with van der Waals surface area (Å²) in [5, 5.41) is 10.7. The number of hydrogen-bond donors (Lipinski definition) is 6. The summed E-state index contributed by atoms with van der Waals surface area (Å²) in [5.74, 6) is -6.07. The third kappa shape index (κ3) is 15.6. The summed E-state index contributed by atoms with van der Waals surface area (Å²) in [5.41, 5.74) is 7.94. The second-order valence-corrected chi connectivity index (χ2v) is 17.6. The zero-order valence-electron chi connectivity index (χ0n) is 39.9. The van der Waals surface area contributed by atoms with Gasteiger partial charge in [-0.3, -0.25) is 47.9 Å². The number of carbonyl (C=O) groups excluding carboxylic acids is 10. The third-order valence-corrected chi connectivity index (χ3v) is 12.9. The Balaban J connectivity index is 0.0000109. The molecule has 0 bridgehead atoms. The molecule has 0 spiro atoms. The lowest BCUT2D eigenvalue weighted by atomic mass is 9.96. The number of halogens is 2. The molecule has 0 radical (unpaired) electrons. The zero-order valence-corrected chi connectivity index (χ0v) is 41.4. The summed E-state index contributed by atoms with van der Waals surface area (Å²) in [4.78, 5) is 143. The van der Waals surface area contributed by atoms with Crippen LogP contribution in [-0.2, 0) is 47.9 Å². The standard InChI is InChI=1S/C42H72N12O10.2ClH/c1-9-25(3)35-39(61)45-19-27(43)41(63)53-17-13-11-15-29(53)37(59)48-22-32(56)50(6)24-34(58)52(8)36(26(4)10-2)40(62)46-20-28(44)42(64)54-18-14-12-16-30(54)38(60)47-21-31(55)49(5)23-33(57)51(35)7;;/h25-30,35-36H,9-24,43-44H2,1-8H3,(H,45,61)(H,46,62)(H,47,60)(H,48,59);2*1H/t25-,26-,27+,28+,29-,30-,35-,36-;;/m0../s1. The molecule has 10 N–H and O–H groups in total. The number of quaternary nitrogens is 2. The Morgan fingerprint density at radius 3 is 1.17 bits per heavy atom. The Hall–Kier alpha value is -4.80. The summed E-state index contributed by atoms with van der Waals surface area (Å²) in [7, 11) is 5.69. The Morgan fingerprint density at radius 2 is 0.848 bits per heavy atom. The molecule has 0 aromatic heterocycles. The van der Waals surface area contributed by atoms with Crippen molar-refractivity contribution < 1.29 is 84.2 Å². The predicted octanol–water partition coefficient (Wildman–Crippen LogP) is -10.9. The van der Waals surface area contributed by atoms with Gasteiger partial charge < -0.3 is 86.9 Å². The molecule has 0 aromatic carbocycles. The fraction of sp³-hybridized carbons (Fsp3) is 0.762. The van der Waals surface area contributed by atoms with Gasteiger partial charge in [0.25, 0.3) is 11.8 Å². The van der Waals surface area contributed by atoms with Gasteiger partial charge in [0.15, 0.2) is 12.1 Å². The van der Waals surface area contributed by atoms with E-state index in [1.807, 2.05) is 13.8 Å². The summed E-state index contributed by atoms with van der Waals surface area (Å²) in [6.45, 7) is 5.69. The van der Waals surface area contributed by atoms with Gasteiger partial charge in [-0.1, -0.05) is 40.5 Å². The Morgan fingerprint density at radius 1 is 0.515 bits per heavy atom. The molecule has 3 aliphatic heterocycles. The monoisotopic (exact) mass is 977 g/mol. The minimum Gasteiger partial charge on any atom is -1.00 e. The maximum absolute atomic E-state index is 13.7. The molecule has 22 nitrogen and oxygen atoms in total. The predicted molar refractivity (Wildman–Crippen MR) is 231 cm³/mol. The molecule has 3 fully saturated rings. The molecule has 66 heavy (non-hydrogen) atoms. The Kier molecular flexibility index (Phi) is 24.9. The lowest BCUT2D eigenvalue weighted by Gasteiger charge is -2.36. The summed E-state index contributed by atoms with van der Waals surface area (Å²) >= 11 is 0. The number of hydrogen-bond acceptors (Lipinski definition) is 10. The van der Waals surface area contributed by atoms with E-state index in [9.17, 15) is 47.9 Å². The Labute approximate surface area is 400 Å². The normalized spacial score (nSPS) is 27.4. The zero-order chi connectivity index (χ0) is 48.0. The summed E-state index contributed by atoms with van der Waals surface area (Å²) in [6.07, 6.45) is 4.25. The number of fused-ring (bicyclic) bond motifs is 2. The van der Waals surface area contributed by atoms with Crippen LogP contribution in [0.15, 0.2) is 0 Å². The van der Waals surface area contributed by atoms with Crippen molar-refractivity contribution in [1.82, 2.24) is 50.7 Å². The molecule has 3 rings (SSSR count). The fourth-order valence-corrected chi connectivity index (χ4v) is 8.26. The molecule has 0 aromatic rings. The summed E-state index contributed by atoms with van der Waals surface area (Å²) in [6, 6.07) is -5.76. The molecule has 24 heteroatoms. The van der Waals surface area contributed by atoms with Crippen LogP contribution >= 0.6 is 0 Å². The Bertz CT molecular complexity index is 1620. The molecule has 8 atom stereocenters. The van der Waals surface area contributed by atoms with E-state index in [0.29, 0.717) is 51.4 Å². The molecule has 3 saturated heterocycles. The topological polar surface area (TPSA) is 294 Å². The lowest BCUT2D eigenvalue weighted by molar-refractivity contribution is -0.403. The van der Waals surface area contributed by atoms with Gasteiger partial charge in [0.05, 0.1) is 39.3 Å². The quantitative estimate of drug-likeness (QED) is 0.155. The van der Waals surface area contributed by atoms with Crippen LogP contribution < -0.4 is 57.5 Å². The SMILES string of the molecule is CC[C@H](C)[C@H]1C(=O)NC[C@@H]([NH3+])C(=O)N2CCCC[C@H]2C(=O)NCC(=O)N(C)CC(=O)N(C)[C@@H]([C@@H](C)CC)C(=O)NC[C@@H]([NH3+])C(=O)N2CCCC[C@H]2C(=O)NCC(=O)N(C)CC(=O)N1C.[Cl-].[Cl-]. The van der Waals surface area contributed by atoms with Crippen LogP contribution in [0.25, 0.3) is 0 Å². The van der Waals surface area contributed by atoms with Crippen molar-refractivity contribution in [2.24, 2.45) is 11.8 Å². The van der Waals surface area contributed by atoms with Gasteiger partial charge in [0, 0.05) is 41.3 Å². The van der Waals surface area contributed by atoms with Crippen molar-refractivity contribution in [2.45, 2.75) is 115 Å². The van der Waals surface area contributed by atoms with E-state index < -0.39 is 122 Å². The molecule has 0 aliphatic carbocycles. The van der Waals surface area contributed by atoms with Crippen LogP contribution in [0.4, 0.5) is 0 Å². The first-order chi connectivity index (χ1) is 30.2. The van der Waals surface area contributed by atoms with Crippen LogP contribution in [0.3, 0.4) is 0 Å². The number of carbonyl (C=O) groups is 10. The molecular weight excluding hydrogens is 903 g/mol. The molecule has 376 valence electrons. The highest BCUT2D eigenvalue weighted by Gasteiger charge is 2.40. The average Bonchev–Trinajstić information content (AvgIpc) is 3.29. The van der Waals surface area contributed by atoms with Crippen molar-refractivity contribution in [1.29, 1.82) is 0 Å². The van der Waals surface area contributed by atoms with Crippen molar-refractivity contribution in [2.75, 3.05) is 80.5 Å². The van der Waals surface area contributed by atoms with Gasteiger partial charge in [-0.25, -0.2) is 0 Å². The van der Waals surface area contributed by atoms with Gasteiger partial charge in [-0.2, -0.15) is 0 Å². The largest absolute Gasteiger partial charge is 1.00 e. The first-order valence-electron chi connectivity index (χ1n) is 22.5. The van der Waals surface area contributed by atoms with Gasteiger partial charge >= 0.3 is 0 Å². The van der Waals surface area contributed by atoms with Crippen LogP contribution in [0.2, 0.25) is 0 Å². The van der Waals surface area contributed by atoms with E-state index in [1.165, 1.54) is 47.8 Å². The maximum Gasteiger partial charge on any atom is 0.283 e. The average molecular weight is 978 g/mol. The van der Waals surface area contributed by atoms with Crippen molar-refractivity contribution in [3.63, 3.8) is 0 Å². The van der Waals surface area contributed by atoms with Crippen molar-refractivity contribution in [3.8, 4) is 0 Å². The first-order valence-corrected chi connectivity index (χ1v) is 22.5. The number of likely N-dealkylation sites (N-methyl/N-ethyl adjacent to an activating group) is 4. The van der Waals surface area contributed by atoms with Crippen LogP contribution in [0.5, 0.6) is 0 Å². The van der Waals surface area contributed by atoms with Gasteiger partial charge in [0.2, 0.25) is 47.3 Å². The van der Waals surface area contributed by atoms with Gasteiger partial charge in [0.1, 0.15) is 24.2 Å². The summed E-state index contributed by atoms with van der Waals surface area (Å²) < 4.78 is 0. The van der Waals surface area contributed by atoms with Crippen LogP contribution in [0, 0.1) is 11.8 Å². The van der Waals surface area contributed by atoms with E-state index in [-0.39, 0.29) is 62.8 Å². The van der Waals surface area contributed by atoms with Crippen LogP contribution in [-0.4, -0.2) is 205 Å². The van der Waals surface area contributed by atoms with E-state index in [0.717, 1.165) is 9.80 Å². The highest BCUT2D eigenvalue weighted by Crippen LogP contribution is 2.21. The highest BCUT2D eigenvalue weighted by atomic mass is 35.5. The van der Waals surface area contributed by atoms with Crippen molar-refractivity contribution >= 4 is 59.1 Å². The number of nitrogens with zero attached hydrogens (tertiary/aromatic N) is 6. The third-order valence-electron chi connectivity index (χ3n) is 12.9. The minimum atomic E-state index is -1.00. The van der Waals surface area contributed by atoms with Crippen LogP contribution in [0.1, 0.15) is 79.1 Å².